The second-order valence-electron chi connectivity index (χ2n) is 6.17. The number of hydrogen-bond donors (Lipinski definition) is 2. The van der Waals surface area contributed by atoms with Gasteiger partial charge in [0.15, 0.2) is 0 Å². The van der Waals surface area contributed by atoms with Crippen molar-refractivity contribution in [3.63, 3.8) is 0 Å². The van der Waals surface area contributed by atoms with Gasteiger partial charge in [0, 0.05) is 22.6 Å². The second kappa shape index (κ2) is 9.97. The highest BCUT2D eigenvalue weighted by Crippen LogP contribution is 2.17. The number of amides is 2. The van der Waals surface area contributed by atoms with E-state index in [4.69, 9.17) is 4.74 Å². The molecule has 2 amide bonds. The summed E-state index contributed by atoms with van der Waals surface area (Å²) in [6.07, 6.45) is 0.287. The SMILES string of the molecule is CC(C)C(=O)Nc1ccc(CNC(=O)CCOc2cccc(Br)c2)cc1. The summed E-state index contributed by atoms with van der Waals surface area (Å²) in [5.74, 6) is 0.577. The molecule has 0 heterocycles. The van der Waals surface area contributed by atoms with Crippen LogP contribution in [0.25, 0.3) is 0 Å². The molecular weight excluding hydrogens is 396 g/mol. The van der Waals surface area contributed by atoms with Crippen molar-refractivity contribution in [3.8, 4) is 5.75 Å². The minimum absolute atomic E-state index is 0.0171. The monoisotopic (exact) mass is 418 g/mol. The zero-order valence-corrected chi connectivity index (χ0v) is 16.5. The van der Waals surface area contributed by atoms with Crippen LogP contribution in [0, 0.1) is 5.92 Å². The Morgan fingerprint density at radius 1 is 1.12 bits per heavy atom. The molecule has 0 aliphatic carbocycles. The van der Waals surface area contributed by atoms with Crippen LogP contribution in [0.15, 0.2) is 53.0 Å². The van der Waals surface area contributed by atoms with Crippen LogP contribution in [-0.2, 0) is 16.1 Å². The Bertz CT molecular complexity index is 745. The molecule has 0 unspecified atom stereocenters. The van der Waals surface area contributed by atoms with E-state index in [1.165, 1.54) is 0 Å². The van der Waals surface area contributed by atoms with Gasteiger partial charge in [-0.15, -0.1) is 0 Å². The van der Waals surface area contributed by atoms with Crippen LogP contribution in [0.2, 0.25) is 0 Å². The predicted molar refractivity (Wildman–Crippen MR) is 106 cm³/mol. The van der Waals surface area contributed by atoms with Crippen molar-refractivity contribution < 1.29 is 14.3 Å². The van der Waals surface area contributed by atoms with Crippen molar-refractivity contribution in [3.05, 3.63) is 58.6 Å². The topological polar surface area (TPSA) is 67.4 Å². The van der Waals surface area contributed by atoms with Crippen LogP contribution >= 0.6 is 15.9 Å². The lowest BCUT2D eigenvalue weighted by Gasteiger charge is -2.10. The zero-order chi connectivity index (χ0) is 18.9. The van der Waals surface area contributed by atoms with Crippen molar-refractivity contribution in [1.82, 2.24) is 5.32 Å². The molecule has 2 aromatic carbocycles. The number of ether oxygens (including phenoxy) is 1. The average Bonchev–Trinajstić information content (AvgIpc) is 2.61. The quantitative estimate of drug-likeness (QED) is 0.676. The first-order chi connectivity index (χ1) is 12.4. The van der Waals surface area contributed by atoms with Gasteiger partial charge in [-0.25, -0.2) is 0 Å². The van der Waals surface area contributed by atoms with Crippen molar-refractivity contribution in [1.29, 1.82) is 0 Å². The van der Waals surface area contributed by atoms with Gasteiger partial charge in [0.25, 0.3) is 0 Å². The lowest BCUT2D eigenvalue weighted by molar-refractivity contribution is -0.121. The van der Waals surface area contributed by atoms with Crippen molar-refractivity contribution >= 4 is 33.4 Å². The maximum absolute atomic E-state index is 11.9. The van der Waals surface area contributed by atoms with Crippen molar-refractivity contribution in [2.45, 2.75) is 26.8 Å². The Labute approximate surface area is 162 Å². The number of hydrogen-bond acceptors (Lipinski definition) is 3. The Kier molecular flexibility index (Phi) is 7.66. The number of anilines is 1. The van der Waals surface area contributed by atoms with Crippen LogP contribution < -0.4 is 15.4 Å². The van der Waals surface area contributed by atoms with Gasteiger partial charge >= 0.3 is 0 Å². The standard InChI is InChI=1S/C20H23BrN2O3/c1-14(2)20(25)23-17-8-6-15(7-9-17)13-22-19(24)10-11-26-18-5-3-4-16(21)12-18/h3-9,12,14H,10-11,13H2,1-2H3,(H,22,24)(H,23,25). The van der Waals surface area contributed by atoms with E-state index in [2.05, 4.69) is 26.6 Å². The van der Waals surface area contributed by atoms with Crippen LogP contribution in [0.5, 0.6) is 5.75 Å². The Balaban J connectivity index is 1.70. The number of halogens is 1. The molecule has 0 aliphatic rings. The summed E-state index contributed by atoms with van der Waals surface area (Å²) in [5, 5.41) is 5.69. The van der Waals surface area contributed by atoms with Crippen LogP contribution in [0.1, 0.15) is 25.8 Å². The summed E-state index contributed by atoms with van der Waals surface area (Å²) in [6, 6.07) is 14.9. The predicted octanol–water partition coefficient (Wildman–Crippen LogP) is 4.13. The lowest BCUT2D eigenvalue weighted by Crippen LogP contribution is -2.24. The molecule has 0 aromatic heterocycles. The third-order valence-corrected chi connectivity index (χ3v) is 4.12. The van der Waals surface area contributed by atoms with E-state index in [1.807, 2.05) is 62.4 Å². The maximum atomic E-state index is 11.9. The van der Waals surface area contributed by atoms with Gasteiger partial charge in [-0.2, -0.15) is 0 Å². The third-order valence-electron chi connectivity index (χ3n) is 3.63. The first kappa shape index (κ1) is 20.0. The summed E-state index contributed by atoms with van der Waals surface area (Å²) in [5.41, 5.74) is 1.72. The first-order valence-electron chi connectivity index (χ1n) is 8.49. The number of rotatable bonds is 8. The van der Waals surface area contributed by atoms with E-state index in [0.29, 0.717) is 13.2 Å². The molecule has 0 radical (unpaired) electrons. The Morgan fingerprint density at radius 2 is 1.85 bits per heavy atom. The van der Waals surface area contributed by atoms with Gasteiger partial charge in [-0.1, -0.05) is 48.0 Å². The smallest absolute Gasteiger partial charge is 0.226 e. The van der Waals surface area contributed by atoms with E-state index in [0.717, 1.165) is 21.5 Å². The third kappa shape index (κ3) is 6.88. The fourth-order valence-corrected chi connectivity index (χ4v) is 2.48. The molecule has 0 aliphatic heterocycles. The number of carbonyl (C=O) groups excluding carboxylic acids is 2. The van der Waals surface area contributed by atoms with Gasteiger partial charge in [0.2, 0.25) is 11.8 Å². The van der Waals surface area contributed by atoms with Gasteiger partial charge in [-0.3, -0.25) is 9.59 Å². The summed E-state index contributed by atoms with van der Waals surface area (Å²) < 4.78 is 6.49. The van der Waals surface area contributed by atoms with Gasteiger partial charge in [0.05, 0.1) is 13.0 Å². The summed E-state index contributed by atoms with van der Waals surface area (Å²) in [7, 11) is 0. The van der Waals surface area contributed by atoms with Crippen molar-refractivity contribution in [2.24, 2.45) is 5.92 Å². The molecule has 0 spiro atoms. The summed E-state index contributed by atoms with van der Waals surface area (Å²) >= 11 is 3.38. The molecule has 6 heteroatoms. The van der Waals surface area contributed by atoms with Gasteiger partial charge in [-0.05, 0) is 35.9 Å². The first-order valence-corrected chi connectivity index (χ1v) is 9.28. The van der Waals surface area contributed by atoms with E-state index >= 15 is 0 Å². The molecule has 2 aromatic rings. The van der Waals surface area contributed by atoms with Crippen molar-refractivity contribution in [2.75, 3.05) is 11.9 Å². The lowest BCUT2D eigenvalue weighted by atomic mass is 10.1. The number of carbonyl (C=O) groups is 2. The Hall–Kier alpha value is -2.34. The molecule has 138 valence electrons. The molecule has 0 bridgehead atoms. The minimum Gasteiger partial charge on any atom is -0.493 e. The minimum atomic E-state index is -0.0721. The zero-order valence-electron chi connectivity index (χ0n) is 14.9. The fraction of sp³-hybridized carbons (Fsp3) is 0.300. The van der Waals surface area contributed by atoms with Gasteiger partial charge in [0.1, 0.15) is 5.75 Å². The molecule has 0 fully saturated rings. The summed E-state index contributed by atoms with van der Waals surface area (Å²) in [6.45, 7) is 4.45. The highest BCUT2D eigenvalue weighted by atomic mass is 79.9. The molecule has 0 atom stereocenters. The van der Waals surface area contributed by atoms with Crippen LogP contribution in [-0.4, -0.2) is 18.4 Å². The van der Waals surface area contributed by atoms with E-state index in [9.17, 15) is 9.59 Å². The summed E-state index contributed by atoms with van der Waals surface area (Å²) in [4.78, 5) is 23.6. The second-order valence-corrected chi connectivity index (χ2v) is 7.09. The van der Waals surface area contributed by atoms with E-state index in [-0.39, 0.29) is 24.2 Å². The molecule has 0 saturated carbocycles. The fourth-order valence-electron chi connectivity index (χ4n) is 2.10. The van der Waals surface area contributed by atoms with Gasteiger partial charge < -0.3 is 15.4 Å². The van der Waals surface area contributed by atoms with Crippen LogP contribution in [0.3, 0.4) is 0 Å². The molecule has 0 saturated heterocycles. The normalized spacial score (nSPS) is 10.5. The van der Waals surface area contributed by atoms with E-state index in [1.54, 1.807) is 0 Å². The maximum Gasteiger partial charge on any atom is 0.226 e. The molecule has 5 nitrogen and oxygen atoms in total. The Morgan fingerprint density at radius 3 is 2.50 bits per heavy atom. The molecule has 2 rings (SSSR count). The highest BCUT2D eigenvalue weighted by Gasteiger charge is 2.07. The highest BCUT2D eigenvalue weighted by molar-refractivity contribution is 9.10. The average molecular weight is 419 g/mol. The number of nitrogens with one attached hydrogen (secondary N) is 2. The largest absolute Gasteiger partial charge is 0.493 e. The van der Waals surface area contributed by atoms with Crippen LogP contribution in [0.4, 0.5) is 5.69 Å². The van der Waals surface area contributed by atoms with E-state index < -0.39 is 0 Å². The number of benzene rings is 2. The molecular formula is C20H23BrN2O3. The molecule has 26 heavy (non-hydrogen) atoms. The molecule has 2 N–H and O–H groups in total.